The third kappa shape index (κ3) is 16.6. The standard InChI is InChI=1S/C13H28INO3/c1-16-10-11-18-13-12-17-9-8-15-7-5-3-2-4-6-14/h15H,2-13H2,1H3. The predicted octanol–water partition coefficient (Wildman–Crippen LogP) is 2.25. The molecule has 0 amide bonds. The van der Waals surface area contributed by atoms with Crippen LogP contribution in [0.25, 0.3) is 0 Å². The molecule has 0 aromatic heterocycles. The highest BCUT2D eigenvalue weighted by atomic mass is 127. The van der Waals surface area contributed by atoms with E-state index in [-0.39, 0.29) is 0 Å². The summed E-state index contributed by atoms with van der Waals surface area (Å²) >= 11 is 2.44. The molecule has 110 valence electrons. The summed E-state index contributed by atoms with van der Waals surface area (Å²) < 4.78 is 16.9. The van der Waals surface area contributed by atoms with E-state index < -0.39 is 0 Å². The Morgan fingerprint density at radius 1 is 0.778 bits per heavy atom. The average molecular weight is 373 g/mol. The van der Waals surface area contributed by atoms with Crippen LogP contribution in [0.15, 0.2) is 0 Å². The van der Waals surface area contributed by atoms with E-state index in [0.29, 0.717) is 26.4 Å². The number of unbranched alkanes of at least 4 members (excludes halogenated alkanes) is 3. The zero-order valence-corrected chi connectivity index (χ0v) is 13.7. The molecule has 0 aromatic rings. The number of nitrogens with one attached hydrogen (secondary N) is 1. The molecule has 0 aromatic carbocycles. The molecule has 0 spiro atoms. The maximum absolute atomic E-state index is 5.43. The van der Waals surface area contributed by atoms with Crippen molar-refractivity contribution in [1.82, 2.24) is 5.32 Å². The van der Waals surface area contributed by atoms with E-state index in [1.165, 1.54) is 30.1 Å². The fraction of sp³-hybridized carbons (Fsp3) is 1.00. The number of halogens is 1. The summed E-state index contributed by atoms with van der Waals surface area (Å²) in [6, 6.07) is 0. The van der Waals surface area contributed by atoms with Gasteiger partial charge in [-0.25, -0.2) is 0 Å². The molecule has 0 saturated heterocycles. The Kier molecular flexibility index (Phi) is 18.1. The van der Waals surface area contributed by atoms with E-state index >= 15 is 0 Å². The van der Waals surface area contributed by atoms with Crippen molar-refractivity contribution < 1.29 is 14.2 Å². The van der Waals surface area contributed by atoms with E-state index in [4.69, 9.17) is 14.2 Å². The van der Waals surface area contributed by atoms with Crippen molar-refractivity contribution in [3.63, 3.8) is 0 Å². The molecule has 0 radical (unpaired) electrons. The minimum absolute atomic E-state index is 0.648. The van der Waals surface area contributed by atoms with Crippen LogP contribution in [0.2, 0.25) is 0 Å². The monoisotopic (exact) mass is 373 g/mol. The van der Waals surface area contributed by atoms with Crippen molar-refractivity contribution in [2.75, 3.05) is 57.7 Å². The molecule has 0 heterocycles. The van der Waals surface area contributed by atoms with Crippen LogP contribution in [0.5, 0.6) is 0 Å². The molecule has 0 unspecified atom stereocenters. The maximum Gasteiger partial charge on any atom is 0.0701 e. The first-order chi connectivity index (χ1) is 8.91. The molecule has 0 bridgehead atoms. The Hall–Kier alpha value is 0.570. The van der Waals surface area contributed by atoms with Gasteiger partial charge >= 0.3 is 0 Å². The predicted molar refractivity (Wildman–Crippen MR) is 83.7 cm³/mol. The van der Waals surface area contributed by atoms with Crippen molar-refractivity contribution in [2.45, 2.75) is 25.7 Å². The average Bonchev–Trinajstić information content (AvgIpc) is 2.39. The zero-order valence-electron chi connectivity index (χ0n) is 11.6. The van der Waals surface area contributed by atoms with Gasteiger partial charge in [-0.2, -0.15) is 0 Å². The number of methoxy groups -OCH3 is 1. The molecule has 0 aliphatic rings. The van der Waals surface area contributed by atoms with E-state index in [1.807, 2.05) is 0 Å². The van der Waals surface area contributed by atoms with Crippen LogP contribution in [0.3, 0.4) is 0 Å². The fourth-order valence-electron chi connectivity index (χ4n) is 1.43. The van der Waals surface area contributed by atoms with Gasteiger partial charge in [-0.15, -0.1) is 0 Å². The second-order valence-corrected chi connectivity index (χ2v) is 5.15. The van der Waals surface area contributed by atoms with Gasteiger partial charge in [0.05, 0.1) is 33.0 Å². The van der Waals surface area contributed by atoms with Gasteiger partial charge in [0.1, 0.15) is 0 Å². The number of alkyl halides is 1. The third-order valence-corrected chi connectivity index (χ3v) is 3.23. The summed E-state index contributed by atoms with van der Waals surface area (Å²) in [5, 5.41) is 3.39. The van der Waals surface area contributed by atoms with Gasteiger partial charge in [0.15, 0.2) is 0 Å². The highest BCUT2D eigenvalue weighted by Gasteiger charge is 1.92. The Morgan fingerprint density at radius 2 is 1.44 bits per heavy atom. The third-order valence-electron chi connectivity index (χ3n) is 2.46. The first kappa shape index (κ1) is 18.6. The number of hydrogen-bond acceptors (Lipinski definition) is 4. The van der Waals surface area contributed by atoms with Crippen molar-refractivity contribution >= 4 is 22.6 Å². The minimum atomic E-state index is 0.648. The summed E-state index contributed by atoms with van der Waals surface area (Å²) in [7, 11) is 1.67. The quantitative estimate of drug-likeness (QED) is 0.272. The van der Waals surface area contributed by atoms with Crippen molar-refractivity contribution in [3.05, 3.63) is 0 Å². The van der Waals surface area contributed by atoms with Gasteiger partial charge in [0, 0.05) is 13.7 Å². The molecular weight excluding hydrogens is 345 g/mol. The smallest absolute Gasteiger partial charge is 0.0701 e. The lowest BCUT2D eigenvalue weighted by Gasteiger charge is -2.06. The molecule has 0 fully saturated rings. The summed E-state index contributed by atoms with van der Waals surface area (Å²) in [5.74, 6) is 0. The van der Waals surface area contributed by atoms with E-state index in [2.05, 4.69) is 27.9 Å². The van der Waals surface area contributed by atoms with Crippen LogP contribution in [0, 0.1) is 0 Å². The SMILES string of the molecule is COCCOCCOCCNCCCCCCI. The molecule has 0 atom stereocenters. The molecule has 1 N–H and O–H groups in total. The molecule has 18 heavy (non-hydrogen) atoms. The van der Waals surface area contributed by atoms with Crippen LogP contribution in [-0.2, 0) is 14.2 Å². The maximum atomic E-state index is 5.43. The minimum Gasteiger partial charge on any atom is -0.382 e. The molecule has 0 aliphatic heterocycles. The Labute approximate surface area is 125 Å². The molecule has 4 nitrogen and oxygen atoms in total. The van der Waals surface area contributed by atoms with Crippen molar-refractivity contribution in [3.8, 4) is 0 Å². The van der Waals surface area contributed by atoms with Gasteiger partial charge in [0.25, 0.3) is 0 Å². The highest BCUT2D eigenvalue weighted by Crippen LogP contribution is 2.00. The van der Waals surface area contributed by atoms with Gasteiger partial charge in [0.2, 0.25) is 0 Å². The number of rotatable bonds is 15. The van der Waals surface area contributed by atoms with Crippen LogP contribution in [-0.4, -0.2) is 57.7 Å². The van der Waals surface area contributed by atoms with Crippen molar-refractivity contribution in [1.29, 1.82) is 0 Å². The highest BCUT2D eigenvalue weighted by molar-refractivity contribution is 14.1. The number of hydrogen-bond donors (Lipinski definition) is 1. The largest absolute Gasteiger partial charge is 0.382 e. The summed E-state index contributed by atoms with van der Waals surface area (Å²) in [6.07, 6.45) is 5.33. The first-order valence-electron chi connectivity index (χ1n) is 6.83. The topological polar surface area (TPSA) is 39.7 Å². The van der Waals surface area contributed by atoms with E-state index in [9.17, 15) is 0 Å². The van der Waals surface area contributed by atoms with Crippen LogP contribution >= 0.6 is 22.6 Å². The Balaban J connectivity index is 2.86. The van der Waals surface area contributed by atoms with E-state index in [0.717, 1.165) is 19.7 Å². The Morgan fingerprint density at radius 3 is 2.17 bits per heavy atom. The molecule has 0 rings (SSSR count). The summed E-state index contributed by atoms with van der Waals surface area (Å²) in [5.41, 5.74) is 0. The lowest BCUT2D eigenvalue weighted by atomic mass is 10.2. The first-order valence-corrected chi connectivity index (χ1v) is 8.35. The van der Waals surface area contributed by atoms with E-state index in [1.54, 1.807) is 7.11 Å². The summed E-state index contributed by atoms with van der Waals surface area (Å²) in [4.78, 5) is 0. The molecule has 0 aliphatic carbocycles. The molecule has 5 heteroatoms. The van der Waals surface area contributed by atoms with Crippen LogP contribution in [0.1, 0.15) is 25.7 Å². The van der Waals surface area contributed by atoms with Crippen LogP contribution in [0.4, 0.5) is 0 Å². The van der Waals surface area contributed by atoms with Gasteiger partial charge in [-0.1, -0.05) is 35.4 Å². The fourth-order valence-corrected chi connectivity index (χ4v) is 1.97. The summed E-state index contributed by atoms with van der Waals surface area (Å²) in [6.45, 7) is 5.43. The molecule has 0 saturated carbocycles. The normalized spacial score (nSPS) is 11.0. The van der Waals surface area contributed by atoms with Gasteiger partial charge < -0.3 is 19.5 Å². The molecular formula is C13H28INO3. The second-order valence-electron chi connectivity index (χ2n) is 4.07. The van der Waals surface area contributed by atoms with Gasteiger partial charge in [-0.05, 0) is 23.8 Å². The zero-order chi connectivity index (χ0) is 13.3. The second kappa shape index (κ2) is 17.6. The lowest BCUT2D eigenvalue weighted by molar-refractivity contribution is 0.0256. The number of ether oxygens (including phenoxy) is 3. The van der Waals surface area contributed by atoms with Crippen molar-refractivity contribution in [2.24, 2.45) is 0 Å². The Bertz CT molecular complexity index is 134. The van der Waals surface area contributed by atoms with Crippen LogP contribution < -0.4 is 5.32 Å². The lowest BCUT2D eigenvalue weighted by Crippen LogP contribution is -2.21. The van der Waals surface area contributed by atoms with Gasteiger partial charge in [-0.3, -0.25) is 0 Å².